The first-order valence-electron chi connectivity index (χ1n) is 10.2. The number of nitrogens with one attached hydrogen (secondary N) is 1. The van der Waals surface area contributed by atoms with E-state index in [1.165, 1.54) is 6.07 Å². The molecule has 4 rings (SSSR count). The number of carbonyl (C=O) groups is 2. The van der Waals surface area contributed by atoms with Crippen LogP contribution < -0.4 is 10.1 Å². The number of aliphatic carboxylic acids is 1. The fourth-order valence-corrected chi connectivity index (χ4v) is 3.93. The Morgan fingerprint density at radius 2 is 1.67 bits per heavy atom. The predicted molar refractivity (Wildman–Crippen MR) is 125 cm³/mol. The van der Waals surface area contributed by atoms with Crippen molar-refractivity contribution in [2.75, 3.05) is 19.8 Å². The molecule has 6 nitrogen and oxygen atoms in total. The zero-order valence-corrected chi connectivity index (χ0v) is 18.3. The molecule has 0 heterocycles. The van der Waals surface area contributed by atoms with Crippen LogP contribution in [0.1, 0.15) is 22.6 Å². The van der Waals surface area contributed by atoms with Gasteiger partial charge in [0.25, 0.3) is 0 Å². The van der Waals surface area contributed by atoms with Crippen molar-refractivity contribution in [3.05, 3.63) is 88.4 Å². The van der Waals surface area contributed by atoms with Gasteiger partial charge >= 0.3 is 12.1 Å². The van der Waals surface area contributed by atoms with Gasteiger partial charge in [-0.05, 0) is 34.4 Å². The van der Waals surface area contributed by atoms with Crippen molar-refractivity contribution in [1.82, 2.24) is 5.32 Å². The van der Waals surface area contributed by atoms with E-state index in [-0.39, 0.29) is 24.8 Å². The van der Waals surface area contributed by atoms with Crippen LogP contribution in [0.3, 0.4) is 0 Å². The maximum atomic E-state index is 12.2. The molecule has 0 aliphatic heterocycles. The standard InChI is InChI=1S/C26H20ClNO5/c27-18-12-11-17(24(14-18)32-16-25(29)30)6-5-13-28-26(31)33-15-23-21-9-3-1-7-19(21)20-8-2-4-10-22(20)23/h1-4,7-12,14,23H,13,15-16H2,(H,28,31)(H,29,30). The summed E-state index contributed by atoms with van der Waals surface area (Å²) >= 11 is 5.94. The van der Waals surface area contributed by atoms with E-state index in [1.54, 1.807) is 12.1 Å². The lowest BCUT2D eigenvalue weighted by atomic mass is 9.98. The number of fused-ring (bicyclic) bond motifs is 3. The number of carboxylic acid groups (broad SMARTS) is 1. The number of ether oxygens (including phenoxy) is 2. The molecule has 0 aromatic heterocycles. The third kappa shape index (κ3) is 5.28. The highest BCUT2D eigenvalue weighted by Gasteiger charge is 2.28. The molecule has 7 heteroatoms. The topological polar surface area (TPSA) is 84.9 Å². The van der Waals surface area contributed by atoms with Crippen LogP contribution in [-0.4, -0.2) is 36.9 Å². The average Bonchev–Trinajstić information content (AvgIpc) is 3.14. The highest BCUT2D eigenvalue weighted by molar-refractivity contribution is 6.30. The van der Waals surface area contributed by atoms with Crippen molar-refractivity contribution in [1.29, 1.82) is 0 Å². The fourth-order valence-electron chi connectivity index (χ4n) is 3.76. The third-order valence-electron chi connectivity index (χ3n) is 5.18. The van der Waals surface area contributed by atoms with Gasteiger partial charge in [-0.1, -0.05) is 72.0 Å². The molecule has 33 heavy (non-hydrogen) atoms. The van der Waals surface area contributed by atoms with Crippen LogP contribution in [0.5, 0.6) is 5.75 Å². The molecule has 0 saturated heterocycles. The van der Waals surface area contributed by atoms with Crippen molar-refractivity contribution in [2.45, 2.75) is 5.92 Å². The molecular weight excluding hydrogens is 442 g/mol. The van der Waals surface area contributed by atoms with Gasteiger partial charge in [0.1, 0.15) is 12.4 Å². The van der Waals surface area contributed by atoms with E-state index in [4.69, 9.17) is 26.2 Å². The Hall–Kier alpha value is -3.95. The smallest absolute Gasteiger partial charge is 0.407 e. The van der Waals surface area contributed by atoms with Gasteiger partial charge in [-0.15, -0.1) is 0 Å². The quantitative estimate of drug-likeness (QED) is 0.520. The number of alkyl carbamates (subject to hydrolysis) is 1. The van der Waals surface area contributed by atoms with E-state index in [0.29, 0.717) is 10.6 Å². The van der Waals surface area contributed by atoms with Crippen LogP contribution in [0.15, 0.2) is 66.7 Å². The van der Waals surface area contributed by atoms with Gasteiger partial charge in [-0.2, -0.15) is 0 Å². The van der Waals surface area contributed by atoms with Crippen LogP contribution in [0.2, 0.25) is 5.02 Å². The van der Waals surface area contributed by atoms with Gasteiger partial charge < -0.3 is 19.9 Å². The molecule has 1 aliphatic carbocycles. The highest BCUT2D eigenvalue weighted by Crippen LogP contribution is 2.44. The van der Waals surface area contributed by atoms with Crippen LogP contribution in [0, 0.1) is 11.8 Å². The average molecular weight is 462 g/mol. The number of halogens is 1. The molecule has 0 fully saturated rings. The molecule has 166 valence electrons. The van der Waals surface area contributed by atoms with Crippen molar-refractivity contribution < 1.29 is 24.2 Å². The Morgan fingerprint density at radius 3 is 2.33 bits per heavy atom. The Bertz CT molecular complexity index is 1220. The van der Waals surface area contributed by atoms with Crippen molar-refractivity contribution in [3.63, 3.8) is 0 Å². The number of amides is 1. The first-order valence-corrected chi connectivity index (χ1v) is 10.6. The zero-order valence-electron chi connectivity index (χ0n) is 17.5. The molecule has 0 spiro atoms. The minimum atomic E-state index is -1.11. The third-order valence-corrected chi connectivity index (χ3v) is 5.42. The number of benzene rings is 3. The number of hydrogen-bond donors (Lipinski definition) is 2. The van der Waals surface area contributed by atoms with Crippen LogP contribution in [-0.2, 0) is 9.53 Å². The number of rotatable bonds is 6. The minimum absolute atomic E-state index is 0.0164. The van der Waals surface area contributed by atoms with Crippen molar-refractivity contribution in [2.24, 2.45) is 0 Å². The van der Waals surface area contributed by atoms with Gasteiger partial charge in [-0.3, -0.25) is 0 Å². The van der Waals surface area contributed by atoms with Crippen molar-refractivity contribution in [3.8, 4) is 28.7 Å². The second-order valence-corrected chi connectivity index (χ2v) is 7.74. The zero-order chi connectivity index (χ0) is 23.2. The number of hydrogen-bond acceptors (Lipinski definition) is 4. The first kappa shape index (κ1) is 22.3. The molecule has 1 aliphatic rings. The molecule has 0 unspecified atom stereocenters. The summed E-state index contributed by atoms with van der Waals surface area (Å²) in [6, 6.07) is 21.0. The second kappa shape index (κ2) is 10.1. The van der Waals surface area contributed by atoms with E-state index in [1.807, 2.05) is 24.3 Å². The summed E-state index contributed by atoms with van der Waals surface area (Å²) in [6.07, 6.45) is -0.565. The molecular formula is C26H20ClNO5. The lowest BCUT2D eigenvalue weighted by Gasteiger charge is -2.14. The molecule has 2 N–H and O–H groups in total. The molecule has 0 bridgehead atoms. The van der Waals surface area contributed by atoms with Gasteiger partial charge in [0.15, 0.2) is 6.61 Å². The van der Waals surface area contributed by atoms with Gasteiger partial charge in [0.2, 0.25) is 0 Å². The van der Waals surface area contributed by atoms with Gasteiger partial charge in [-0.25, -0.2) is 9.59 Å². The Labute approximate surface area is 196 Å². The fraction of sp³-hybridized carbons (Fsp3) is 0.154. The van der Waals surface area contributed by atoms with Crippen LogP contribution in [0.25, 0.3) is 11.1 Å². The lowest BCUT2D eigenvalue weighted by molar-refractivity contribution is -0.139. The van der Waals surface area contributed by atoms with E-state index in [0.717, 1.165) is 22.3 Å². The Kier molecular flexibility index (Phi) is 6.82. The highest BCUT2D eigenvalue weighted by atomic mass is 35.5. The Morgan fingerprint density at radius 1 is 1.00 bits per heavy atom. The van der Waals surface area contributed by atoms with E-state index in [9.17, 15) is 9.59 Å². The monoisotopic (exact) mass is 461 g/mol. The van der Waals surface area contributed by atoms with Crippen molar-refractivity contribution >= 4 is 23.7 Å². The summed E-state index contributed by atoms with van der Waals surface area (Å²) in [7, 11) is 0. The van der Waals surface area contributed by atoms with E-state index >= 15 is 0 Å². The summed E-state index contributed by atoms with van der Waals surface area (Å²) in [5.41, 5.74) is 5.08. The second-order valence-electron chi connectivity index (χ2n) is 7.30. The summed E-state index contributed by atoms with van der Waals surface area (Å²) in [6.45, 7) is -0.234. The maximum Gasteiger partial charge on any atom is 0.407 e. The number of carboxylic acids is 1. The lowest BCUT2D eigenvalue weighted by Crippen LogP contribution is -2.26. The first-order chi connectivity index (χ1) is 16.0. The molecule has 3 aromatic carbocycles. The Balaban J connectivity index is 1.34. The van der Waals surface area contributed by atoms with E-state index in [2.05, 4.69) is 41.4 Å². The largest absolute Gasteiger partial charge is 0.481 e. The summed E-state index contributed by atoms with van der Waals surface area (Å²) in [5, 5.41) is 11.8. The SMILES string of the molecule is O=C(O)COc1cc(Cl)ccc1C#CCNC(=O)OCC1c2ccccc2-c2ccccc21. The molecule has 1 amide bonds. The molecule has 3 aromatic rings. The normalized spacial score (nSPS) is 11.5. The molecule has 0 saturated carbocycles. The minimum Gasteiger partial charge on any atom is -0.481 e. The summed E-state index contributed by atoms with van der Waals surface area (Å²) in [5.74, 6) is 4.79. The van der Waals surface area contributed by atoms with E-state index < -0.39 is 18.7 Å². The predicted octanol–water partition coefficient (Wildman–Crippen LogP) is 4.69. The van der Waals surface area contributed by atoms with Crippen LogP contribution in [0.4, 0.5) is 4.79 Å². The molecule has 0 radical (unpaired) electrons. The number of carbonyl (C=O) groups excluding carboxylic acids is 1. The van der Waals surface area contributed by atoms with Gasteiger partial charge in [0.05, 0.1) is 12.1 Å². The van der Waals surface area contributed by atoms with Gasteiger partial charge in [0, 0.05) is 17.0 Å². The summed E-state index contributed by atoms with van der Waals surface area (Å²) in [4.78, 5) is 23.0. The maximum absolute atomic E-state index is 12.2. The molecule has 0 atom stereocenters. The summed E-state index contributed by atoms with van der Waals surface area (Å²) < 4.78 is 10.7. The van der Waals surface area contributed by atoms with Crippen LogP contribution >= 0.6 is 11.6 Å².